The number of amides is 1. The summed E-state index contributed by atoms with van der Waals surface area (Å²) >= 11 is 0. The van der Waals surface area contributed by atoms with E-state index in [9.17, 15) is 13.2 Å². The van der Waals surface area contributed by atoms with E-state index in [1.165, 1.54) is 43.2 Å². The molecule has 3 aromatic rings. The predicted octanol–water partition coefficient (Wildman–Crippen LogP) is 4.56. The molecule has 0 atom stereocenters. The summed E-state index contributed by atoms with van der Waals surface area (Å²) in [4.78, 5) is 12.4. The zero-order valence-electron chi connectivity index (χ0n) is 19.0. The first-order valence-corrected chi connectivity index (χ1v) is 11.8. The highest BCUT2D eigenvalue weighted by Crippen LogP contribution is 2.26. The number of rotatable bonds is 7. The molecule has 0 bridgehead atoms. The lowest BCUT2D eigenvalue weighted by Crippen LogP contribution is -2.19. The van der Waals surface area contributed by atoms with Crippen molar-refractivity contribution in [3.63, 3.8) is 0 Å². The van der Waals surface area contributed by atoms with E-state index in [4.69, 9.17) is 4.74 Å². The molecule has 8 heteroatoms. The summed E-state index contributed by atoms with van der Waals surface area (Å²) in [5, 5.41) is 3.99. The molecule has 0 aliphatic carbocycles. The van der Waals surface area contributed by atoms with Crippen LogP contribution in [-0.4, -0.2) is 27.6 Å². The maximum Gasteiger partial charge on any atom is 0.271 e. The minimum Gasteiger partial charge on any atom is -0.495 e. The van der Waals surface area contributed by atoms with E-state index in [1.807, 2.05) is 24.3 Å². The van der Waals surface area contributed by atoms with Gasteiger partial charge in [0.05, 0.1) is 23.9 Å². The Hall–Kier alpha value is -3.65. The first-order valence-electron chi connectivity index (χ1n) is 10.3. The summed E-state index contributed by atoms with van der Waals surface area (Å²) in [7, 11) is -2.47. The van der Waals surface area contributed by atoms with Crippen molar-refractivity contribution < 1.29 is 17.9 Å². The zero-order valence-corrected chi connectivity index (χ0v) is 19.8. The van der Waals surface area contributed by atoms with E-state index < -0.39 is 15.9 Å². The molecule has 3 aromatic carbocycles. The fourth-order valence-electron chi connectivity index (χ4n) is 3.04. The lowest BCUT2D eigenvalue weighted by Gasteiger charge is -2.18. The highest BCUT2D eigenvalue weighted by molar-refractivity contribution is 7.92. The van der Waals surface area contributed by atoms with Crippen LogP contribution in [-0.2, 0) is 15.4 Å². The first kappa shape index (κ1) is 24.0. The van der Waals surface area contributed by atoms with Gasteiger partial charge in [-0.3, -0.25) is 9.52 Å². The molecule has 0 fully saturated rings. The molecule has 3 rings (SSSR count). The second-order valence-electron chi connectivity index (χ2n) is 8.40. The summed E-state index contributed by atoms with van der Waals surface area (Å²) in [5.41, 5.74) is 4.98. The molecular formula is C25H27N3O4S. The number of benzene rings is 3. The number of carbonyl (C=O) groups excluding carboxylic acids is 1. The second-order valence-corrected chi connectivity index (χ2v) is 10.1. The number of carbonyl (C=O) groups is 1. The van der Waals surface area contributed by atoms with Gasteiger partial charge in [0.2, 0.25) is 0 Å². The topological polar surface area (TPSA) is 96.9 Å². The molecule has 172 valence electrons. The maximum atomic E-state index is 12.8. The van der Waals surface area contributed by atoms with Crippen LogP contribution in [0.5, 0.6) is 5.75 Å². The molecule has 1 amide bonds. The van der Waals surface area contributed by atoms with Crippen molar-refractivity contribution in [2.24, 2.45) is 5.10 Å². The molecular weight excluding hydrogens is 438 g/mol. The minimum absolute atomic E-state index is 0.0513. The Balaban J connectivity index is 1.71. The lowest BCUT2D eigenvalue weighted by atomic mass is 9.87. The molecule has 0 aliphatic heterocycles. The Morgan fingerprint density at radius 2 is 1.67 bits per heavy atom. The summed E-state index contributed by atoms with van der Waals surface area (Å²) in [6.07, 6.45) is 1.54. The SMILES string of the molecule is COc1ccccc1NS(=O)(=O)c1cccc(C(=O)N/N=C\c2ccc(C(C)(C)C)cc2)c1. The Morgan fingerprint density at radius 3 is 2.33 bits per heavy atom. The van der Waals surface area contributed by atoms with E-state index >= 15 is 0 Å². The average Bonchev–Trinajstić information content (AvgIpc) is 2.79. The molecule has 0 radical (unpaired) electrons. The monoisotopic (exact) mass is 465 g/mol. The van der Waals surface area contributed by atoms with Crippen molar-refractivity contribution in [3.8, 4) is 5.75 Å². The normalized spacial score (nSPS) is 11.9. The van der Waals surface area contributed by atoms with Gasteiger partial charge in [0.25, 0.3) is 15.9 Å². The van der Waals surface area contributed by atoms with Crippen LogP contribution < -0.4 is 14.9 Å². The highest BCUT2D eigenvalue weighted by Gasteiger charge is 2.18. The van der Waals surface area contributed by atoms with Crippen LogP contribution in [0.15, 0.2) is 82.8 Å². The van der Waals surface area contributed by atoms with Crippen molar-refractivity contribution in [1.29, 1.82) is 0 Å². The van der Waals surface area contributed by atoms with Gasteiger partial charge < -0.3 is 4.74 Å². The van der Waals surface area contributed by atoms with E-state index in [2.05, 4.69) is 36.0 Å². The van der Waals surface area contributed by atoms with E-state index in [0.29, 0.717) is 11.4 Å². The Labute approximate surface area is 194 Å². The largest absolute Gasteiger partial charge is 0.495 e. The smallest absolute Gasteiger partial charge is 0.271 e. The fraction of sp³-hybridized carbons (Fsp3) is 0.200. The van der Waals surface area contributed by atoms with Crippen LogP contribution in [0.3, 0.4) is 0 Å². The molecule has 33 heavy (non-hydrogen) atoms. The van der Waals surface area contributed by atoms with Gasteiger partial charge in [-0.05, 0) is 46.9 Å². The number of hydrogen-bond donors (Lipinski definition) is 2. The number of para-hydroxylation sites is 2. The molecule has 0 spiro atoms. The highest BCUT2D eigenvalue weighted by atomic mass is 32.2. The molecule has 0 saturated carbocycles. The average molecular weight is 466 g/mol. The van der Waals surface area contributed by atoms with E-state index in [1.54, 1.807) is 24.3 Å². The number of hydrogen-bond acceptors (Lipinski definition) is 5. The van der Waals surface area contributed by atoms with Crippen LogP contribution in [0.2, 0.25) is 0 Å². The number of anilines is 1. The number of methoxy groups -OCH3 is 1. The Morgan fingerprint density at radius 1 is 0.970 bits per heavy atom. The van der Waals surface area contributed by atoms with Gasteiger partial charge in [-0.15, -0.1) is 0 Å². The third-order valence-electron chi connectivity index (χ3n) is 4.91. The minimum atomic E-state index is -3.93. The predicted molar refractivity (Wildman–Crippen MR) is 130 cm³/mol. The molecule has 2 N–H and O–H groups in total. The number of ether oxygens (including phenoxy) is 1. The van der Waals surface area contributed by atoms with Crippen LogP contribution in [0.1, 0.15) is 42.3 Å². The van der Waals surface area contributed by atoms with Crippen LogP contribution in [0.4, 0.5) is 5.69 Å². The van der Waals surface area contributed by atoms with Gasteiger partial charge in [0.1, 0.15) is 5.75 Å². The summed E-state index contributed by atoms with van der Waals surface area (Å²) in [6.45, 7) is 6.41. The third kappa shape index (κ3) is 6.20. The van der Waals surface area contributed by atoms with Gasteiger partial charge in [0.15, 0.2) is 0 Å². The van der Waals surface area contributed by atoms with Crippen molar-refractivity contribution in [3.05, 3.63) is 89.5 Å². The van der Waals surface area contributed by atoms with Crippen LogP contribution in [0.25, 0.3) is 0 Å². The van der Waals surface area contributed by atoms with Crippen molar-refractivity contribution >= 4 is 27.8 Å². The molecule has 0 saturated heterocycles. The molecule has 0 unspecified atom stereocenters. The number of nitrogens with zero attached hydrogens (tertiary/aromatic N) is 1. The van der Waals surface area contributed by atoms with Gasteiger partial charge in [-0.2, -0.15) is 5.10 Å². The molecule has 0 heterocycles. The Bertz CT molecular complexity index is 1260. The summed E-state index contributed by atoms with van der Waals surface area (Å²) in [5.74, 6) is -0.133. The zero-order chi connectivity index (χ0) is 24.1. The molecule has 0 aliphatic rings. The second kappa shape index (κ2) is 9.87. The van der Waals surface area contributed by atoms with Gasteiger partial charge in [0, 0.05) is 5.56 Å². The Kier molecular flexibility index (Phi) is 7.18. The van der Waals surface area contributed by atoms with Crippen LogP contribution in [0, 0.1) is 0 Å². The van der Waals surface area contributed by atoms with E-state index in [-0.39, 0.29) is 15.9 Å². The van der Waals surface area contributed by atoms with Crippen molar-refractivity contribution in [2.75, 3.05) is 11.8 Å². The number of sulfonamides is 1. The summed E-state index contributed by atoms with van der Waals surface area (Å²) < 4.78 is 33.3. The first-order chi connectivity index (χ1) is 15.6. The maximum absolute atomic E-state index is 12.8. The number of nitrogens with one attached hydrogen (secondary N) is 2. The van der Waals surface area contributed by atoms with Crippen molar-refractivity contribution in [2.45, 2.75) is 31.1 Å². The molecule has 0 aromatic heterocycles. The van der Waals surface area contributed by atoms with Gasteiger partial charge >= 0.3 is 0 Å². The van der Waals surface area contributed by atoms with E-state index in [0.717, 1.165) is 5.56 Å². The summed E-state index contributed by atoms with van der Waals surface area (Å²) in [6, 6.07) is 20.3. The standard InChI is InChI=1S/C25H27N3O4S/c1-25(2,3)20-14-12-18(13-15-20)17-26-27-24(29)19-8-7-9-21(16-19)33(30,31)28-22-10-5-6-11-23(22)32-4/h5-17,28H,1-4H3,(H,27,29)/b26-17-. The quantitative estimate of drug-likeness (QED) is 0.395. The van der Waals surface area contributed by atoms with Gasteiger partial charge in [-0.25, -0.2) is 13.8 Å². The van der Waals surface area contributed by atoms with Crippen LogP contribution >= 0.6 is 0 Å². The third-order valence-corrected chi connectivity index (χ3v) is 6.28. The van der Waals surface area contributed by atoms with Gasteiger partial charge in [-0.1, -0.05) is 63.2 Å². The molecule has 7 nitrogen and oxygen atoms in total. The lowest BCUT2D eigenvalue weighted by molar-refractivity contribution is 0.0955. The number of hydrazone groups is 1. The van der Waals surface area contributed by atoms with Crippen molar-refractivity contribution in [1.82, 2.24) is 5.43 Å². The fourth-order valence-corrected chi connectivity index (χ4v) is 4.15.